The number of hydroxylamine groups is 2. The molecule has 0 fully saturated rings. The van der Waals surface area contributed by atoms with Crippen LogP contribution in [-0.2, 0) is 14.4 Å². The molecule has 0 radical (unpaired) electrons. The van der Waals surface area contributed by atoms with Gasteiger partial charge in [0, 0.05) is 11.6 Å². The maximum absolute atomic E-state index is 11.6. The van der Waals surface area contributed by atoms with E-state index in [9.17, 15) is 9.59 Å². The second kappa shape index (κ2) is 5.94. The quantitative estimate of drug-likeness (QED) is 0.830. The minimum Gasteiger partial charge on any atom is -0.474 e. The third-order valence-corrected chi connectivity index (χ3v) is 2.92. The molecule has 0 aliphatic carbocycles. The van der Waals surface area contributed by atoms with Crippen LogP contribution in [-0.4, -0.2) is 28.6 Å². The van der Waals surface area contributed by atoms with E-state index in [-0.39, 0.29) is 0 Å². The van der Waals surface area contributed by atoms with Gasteiger partial charge < -0.3 is 10.4 Å². The van der Waals surface area contributed by atoms with E-state index in [1.54, 1.807) is 30.3 Å². The first-order valence-electron chi connectivity index (χ1n) is 5.98. The molecule has 0 aromatic heterocycles. The standard InChI is InChI=1S/C13H13ClN2O4/c1-2-15-11-7-10(8-3-5-9(14)6-4-8)20-16(11)12(17)13(18)19/h3-7,10,15H,2H2,1H3,(H,18,19). The van der Waals surface area contributed by atoms with Crippen molar-refractivity contribution in [3.05, 3.63) is 46.7 Å². The molecule has 6 nitrogen and oxygen atoms in total. The number of nitrogens with zero attached hydrogens (tertiary/aromatic N) is 1. The monoisotopic (exact) mass is 296 g/mol. The molecule has 106 valence electrons. The van der Waals surface area contributed by atoms with E-state index < -0.39 is 18.0 Å². The Bertz CT molecular complexity index is 556. The number of hydrogen-bond donors (Lipinski definition) is 2. The molecule has 0 spiro atoms. The van der Waals surface area contributed by atoms with Gasteiger partial charge in [0.15, 0.2) is 0 Å². The van der Waals surface area contributed by atoms with Crippen molar-refractivity contribution >= 4 is 23.5 Å². The number of rotatable bonds is 3. The lowest BCUT2D eigenvalue weighted by atomic mass is 10.1. The van der Waals surface area contributed by atoms with Crippen LogP contribution in [0.1, 0.15) is 18.6 Å². The van der Waals surface area contributed by atoms with Crippen molar-refractivity contribution in [2.75, 3.05) is 6.54 Å². The summed E-state index contributed by atoms with van der Waals surface area (Å²) in [6.07, 6.45) is 1.11. The molecule has 1 aromatic carbocycles. The normalized spacial score (nSPS) is 17.8. The number of benzene rings is 1. The molecule has 0 saturated carbocycles. The van der Waals surface area contributed by atoms with Crippen LogP contribution in [0.2, 0.25) is 5.02 Å². The summed E-state index contributed by atoms with van der Waals surface area (Å²) in [6.45, 7) is 2.37. The van der Waals surface area contributed by atoms with Crippen molar-refractivity contribution in [1.29, 1.82) is 0 Å². The van der Waals surface area contributed by atoms with Crippen LogP contribution in [0.5, 0.6) is 0 Å². The Morgan fingerprint density at radius 1 is 1.40 bits per heavy atom. The first-order valence-corrected chi connectivity index (χ1v) is 6.36. The van der Waals surface area contributed by atoms with Crippen molar-refractivity contribution in [2.24, 2.45) is 0 Å². The van der Waals surface area contributed by atoms with Crippen molar-refractivity contribution in [2.45, 2.75) is 13.0 Å². The van der Waals surface area contributed by atoms with E-state index in [2.05, 4.69) is 5.32 Å². The number of carbonyl (C=O) groups excluding carboxylic acids is 1. The van der Waals surface area contributed by atoms with Gasteiger partial charge in [0.05, 0.1) is 0 Å². The lowest BCUT2D eigenvalue weighted by molar-refractivity contribution is -0.187. The van der Waals surface area contributed by atoms with Crippen molar-refractivity contribution in [1.82, 2.24) is 10.4 Å². The summed E-state index contributed by atoms with van der Waals surface area (Å²) in [5, 5.41) is 13.0. The highest BCUT2D eigenvalue weighted by atomic mass is 35.5. The minimum atomic E-state index is -1.58. The average Bonchev–Trinajstić information content (AvgIpc) is 2.83. The van der Waals surface area contributed by atoms with Crippen molar-refractivity contribution < 1.29 is 19.5 Å². The summed E-state index contributed by atoms with van der Waals surface area (Å²) in [6, 6.07) is 6.90. The van der Waals surface area contributed by atoms with Crippen molar-refractivity contribution in [3.8, 4) is 0 Å². The van der Waals surface area contributed by atoms with Crippen LogP contribution < -0.4 is 5.32 Å². The van der Waals surface area contributed by atoms with Crippen molar-refractivity contribution in [3.63, 3.8) is 0 Å². The fourth-order valence-electron chi connectivity index (χ4n) is 1.78. The highest BCUT2D eigenvalue weighted by Gasteiger charge is 2.34. The predicted octanol–water partition coefficient (Wildman–Crippen LogP) is 1.69. The molecule has 2 N–H and O–H groups in total. The van der Waals surface area contributed by atoms with Gasteiger partial charge in [-0.2, -0.15) is 5.06 Å². The van der Waals surface area contributed by atoms with E-state index in [1.165, 1.54) is 0 Å². The molecule has 20 heavy (non-hydrogen) atoms. The second-order valence-corrected chi connectivity index (χ2v) is 4.50. The van der Waals surface area contributed by atoms with Crippen LogP contribution in [0, 0.1) is 0 Å². The number of carbonyl (C=O) groups is 2. The van der Waals surface area contributed by atoms with Gasteiger partial charge in [0.2, 0.25) is 0 Å². The topological polar surface area (TPSA) is 78.9 Å². The summed E-state index contributed by atoms with van der Waals surface area (Å²) in [4.78, 5) is 27.7. The molecule has 1 unspecified atom stereocenters. The molecule has 1 aliphatic heterocycles. The van der Waals surface area contributed by atoms with Crippen LogP contribution in [0.3, 0.4) is 0 Å². The Hall–Kier alpha value is -2.05. The third kappa shape index (κ3) is 2.92. The summed E-state index contributed by atoms with van der Waals surface area (Å²) in [7, 11) is 0. The van der Waals surface area contributed by atoms with E-state index in [4.69, 9.17) is 21.5 Å². The summed E-state index contributed by atoms with van der Waals surface area (Å²) in [5.41, 5.74) is 0.769. The van der Waals surface area contributed by atoms with Crippen LogP contribution in [0.15, 0.2) is 36.2 Å². The molecule has 0 bridgehead atoms. The van der Waals surface area contributed by atoms with Gasteiger partial charge in [-0.05, 0) is 30.7 Å². The maximum Gasteiger partial charge on any atom is 0.397 e. The largest absolute Gasteiger partial charge is 0.474 e. The number of carboxylic acids is 1. The van der Waals surface area contributed by atoms with Gasteiger partial charge in [0.1, 0.15) is 11.9 Å². The third-order valence-electron chi connectivity index (χ3n) is 2.67. The summed E-state index contributed by atoms with van der Waals surface area (Å²) < 4.78 is 0. The lowest BCUT2D eigenvalue weighted by Crippen LogP contribution is -2.37. The Kier molecular flexibility index (Phi) is 4.26. The number of amides is 1. The molecule has 1 aromatic rings. The minimum absolute atomic E-state index is 0.319. The first kappa shape index (κ1) is 14.4. The number of nitrogens with one attached hydrogen (secondary N) is 1. The average molecular weight is 297 g/mol. The van der Waals surface area contributed by atoms with Gasteiger partial charge >= 0.3 is 11.9 Å². The molecular weight excluding hydrogens is 284 g/mol. The number of aliphatic carboxylic acids is 1. The maximum atomic E-state index is 11.6. The van der Waals surface area contributed by atoms with Gasteiger partial charge in [0.25, 0.3) is 0 Å². The molecule has 1 atom stereocenters. The van der Waals surface area contributed by atoms with Crippen LogP contribution in [0.25, 0.3) is 0 Å². The van der Waals surface area contributed by atoms with Crippen LogP contribution >= 0.6 is 11.6 Å². The zero-order valence-electron chi connectivity index (χ0n) is 10.7. The molecule has 0 saturated heterocycles. The van der Waals surface area contributed by atoms with E-state index in [1.807, 2.05) is 6.92 Å². The number of carboxylic acid groups (broad SMARTS) is 1. The zero-order valence-corrected chi connectivity index (χ0v) is 11.4. The molecular formula is C13H13ClN2O4. The Labute approximate surface area is 120 Å². The predicted molar refractivity (Wildman–Crippen MR) is 71.5 cm³/mol. The molecule has 1 amide bonds. The number of halogens is 1. The SMILES string of the molecule is CCNC1=CC(c2ccc(Cl)cc2)ON1C(=O)C(=O)O. The second-order valence-electron chi connectivity index (χ2n) is 4.06. The molecule has 1 aliphatic rings. The molecule has 1 heterocycles. The number of hydrogen-bond acceptors (Lipinski definition) is 4. The fraction of sp³-hybridized carbons (Fsp3) is 0.231. The summed E-state index contributed by atoms with van der Waals surface area (Å²) >= 11 is 5.81. The first-order chi connectivity index (χ1) is 9.52. The molecule has 7 heteroatoms. The Balaban J connectivity index is 2.24. The highest BCUT2D eigenvalue weighted by molar-refractivity contribution is 6.31. The van der Waals surface area contributed by atoms with Gasteiger partial charge in [-0.25, -0.2) is 4.79 Å². The smallest absolute Gasteiger partial charge is 0.397 e. The molecule has 2 rings (SSSR count). The Morgan fingerprint density at radius 2 is 2.05 bits per heavy atom. The van der Waals surface area contributed by atoms with E-state index in [0.29, 0.717) is 17.4 Å². The summed E-state index contributed by atoms with van der Waals surface area (Å²) in [5.74, 6) is -2.40. The zero-order chi connectivity index (χ0) is 14.7. The van der Waals surface area contributed by atoms with Gasteiger partial charge in [-0.3, -0.25) is 9.63 Å². The highest BCUT2D eigenvalue weighted by Crippen LogP contribution is 2.30. The van der Waals surface area contributed by atoms with Gasteiger partial charge in [-0.15, -0.1) is 0 Å². The van der Waals surface area contributed by atoms with Crippen LogP contribution in [0.4, 0.5) is 0 Å². The van der Waals surface area contributed by atoms with E-state index in [0.717, 1.165) is 10.6 Å². The van der Waals surface area contributed by atoms with Gasteiger partial charge in [-0.1, -0.05) is 23.7 Å². The fourth-order valence-corrected chi connectivity index (χ4v) is 1.90. The Morgan fingerprint density at radius 3 is 2.60 bits per heavy atom. The van der Waals surface area contributed by atoms with E-state index >= 15 is 0 Å². The lowest BCUT2D eigenvalue weighted by Gasteiger charge is -2.18.